The highest BCUT2D eigenvalue weighted by molar-refractivity contribution is 5.75. The quantitative estimate of drug-likeness (QED) is 0.111. The Kier molecular flexibility index (Phi) is 20.8. The van der Waals surface area contributed by atoms with Crippen LogP contribution in [0.5, 0.6) is 0 Å². The Morgan fingerprint density at radius 1 is 0.737 bits per heavy atom. The summed E-state index contributed by atoms with van der Waals surface area (Å²) < 4.78 is 0. The van der Waals surface area contributed by atoms with Gasteiger partial charge in [0.2, 0.25) is 5.91 Å². The van der Waals surface area contributed by atoms with Crippen molar-refractivity contribution in [3.8, 4) is 0 Å². The zero-order valence-electron chi connectivity index (χ0n) is 25.7. The molecule has 1 aliphatic carbocycles. The van der Waals surface area contributed by atoms with Gasteiger partial charge in [-0.1, -0.05) is 165 Å². The minimum absolute atomic E-state index is 0.175. The van der Waals surface area contributed by atoms with Crippen molar-refractivity contribution in [1.29, 1.82) is 0 Å². The first kappa shape index (κ1) is 34.2. The number of unbranched alkanes of at least 4 members (excludes halogenated alkanes) is 14. The lowest BCUT2D eigenvalue weighted by Gasteiger charge is -2.32. The van der Waals surface area contributed by atoms with Gasteiger partial charge in [-0.3, -0.25) is 4.79 Å². The van der Waals surface area contributed by atoms with Crippen LogP contribution in [-0.4, -0.2) is 12.5 Å². The molecule has 0 aromatic heterocycles. The Bertz CT molecular complexity index is 749. The molecule has 0 unspecified atom stereocenters. The van der Waals surface area contributed by atoms with E-state index in [1.54, 1.807) is 0 Å². The SMILES string of the molecule is CCCCCCCCCCCCCCCCCC(=O)NC/C=C/C=C/C=C/C=C/C1=C(C)CCCC1(C)C. The summed E-state index contributed by atoms with van der Waals surface area (Å²) in [5.74, 6) is 0.175. The Labute approximate surface area is 237 Å². The van der Waals surface area contributed by atoms with Crippen LogP contribution in [0.3, 0.4) is 0 Å². The van der Waals surface area contributed by atoms with E-state index in [2.05, 4.69) is 57.3 Å². The summed E-state index contributed by atoms with van der Waals surface area (Å²) in [6.07, 6.45) is 41.4. The summed E-state index contributed by atoms with van der Waals surface area (Å²) in [6.45, 7) is 9.86. The summed E-state index contributed by atoms with van der Waals surface area (Å²) in [5.41, 5.74) is 3.32. The van der Waals surface area contributed by atoms with Crippen LogP contribution < -0.4 is 5.32 Å². The van der Waals surface area contributed by atoms with Crippen molar-refractivity contribution in [2.24, 2.45) is 5.41 Å². The fourth-order valence-corrected chi connectivity index (χ4v) is 5.48. The second kappa shape index (κ2) is 23.1. The normalized spacial score (nSPS) is 16.1. The first-order valence-electron chi connectivity index (χ1n) is 16.1. The van der Waals surface area contributed by atoms with Crippen LogP contribution in [0, 0.1) is 5.41 Å². The van der Waals surface area contributed by atoms with Crippen molar-refractivity contribution < 1.29 is 4.79 Å². The second-order valence-corrected chi connectivity index (χ2v) is 12.0. The van der Waals surface area contributed by atoms with Gasteiger partial charge in [0.25, 0.3) is 0 Å². The third kappa shape index (κ3) is 18.4. The maximum absolute atomic E-state index is 12.0. The molecule has 0 fully saturated rings. The molecule has 0 aliphatic heterocycles. The number of rotatable bonds is 22. The van der Waals surface area contributed by atoms with Gasteiger partial charge in [-0.2, -0.15) is 0 Å². The molecular formula is C36H61NO. The van der Waals surface area contributed by atoms with Gasteiger partial charge in [0.15, 0.2) is 0 Å². The van der Waals surface area contributed by atoms with Gasteiger partial charge in [-0.15, -0.1) is 0 Å². The van der Waals surface area contributed by atoms with Gasteiger partial charge in [-0.05, 0) is 43.6 Å². The van der Waals surface area contributed by atoms with Gasteiger partial charge < -0.3 is 5.32 Å². The first-order valence-corrected chi connectivity index (χ1v) is 16.1. The van der Waals surface area contributed by atoms with Crippen molar-refractivity contribution in [2.75, 3.05) is 6.54 Å². The lowest BCUT2D eigenvalue weighted by Crippen LogP contribution is -2.22. The maximum atomic E-state index is 12.0. The number of allylic oxidation sites excluding steroid dienone is 9. The molecular weight excluding hydrogens is 462 g/mol. The molecule has 216 valence electrons. The standard InChI is InChI=1S/C36H61NO/c1-5-6-7-8-9-10-11-12-13-14-15-16-19-22-25-30-35(38)37-32-26-23-20-17-18-21-24-29-34-33(2)28-27-31-36(34,3)4/h17-18,20-21,23-24,26,29H,5-16,19,22,25,27-28,30-32H2,1-4H3,(H,37,38)/b20-17+,21-18+,26-23+,29-24+. The number of carbonyl (C=O) groups is 1. The third-order valence-corrected chi connectivity index (χ3v) is 7.92. The fraction of sp³-hybridized carbons (Fsp3) is 0.694. The summed E-state index contributed by atoms with van der Waals surface area (Å²) in [5, 5.41) is 3.00. The summed E-state index contributed by atoms with van der Waals surface area (Å²) >= 11 is 0. The van der Waals surface area contributed by atoms with E-state index >= 15 is 0 Å². The molecule has 0 radical (unpaired) electrons. The van der Waals surface area contributed by atoms with Crippen LogP contribution in [0.15, 0.2) is 59.8 Å². The van der Waals surface area contributed by atoms with E-state index in [4.69, 9.17) is 0 Å². The number of nitrogens with one attached hydrogen (secondary N) is 1. The van der Waals surface area contributed by atoms with Gasteiger partial charge in [-0.25, -0.2) is 0 Å². The minimum Gasteiger partial charge on any atom is -0.353 e. The van der Waals surface area contributed by atoms with Crippen molar-refractivity contribution in [3.63, 3.8) is 0 Å². The molecule has 0 bridgehead atoms. The highest BCUT2D eigenvalue weighted by atomic mass is 16.1. The number of amides is 1. The topological polar surface area (TPSA) is 29.1 Å². The molecule has 0 atom stereocenters. The smallest absolute Gasteiger partial charge is 0.220 e. The fourth-order valence-electron chi connectivity index (χ4n) is 5.48. The molecule has 0 saturated carbocycles. The van der Waals surface area contributed by atoms with Crippen molar-refractivity contribution in [2.45, 2.75) is 150 Å². The molecule has 0 heterocycles. The highest BCUT2D eigenvalue weighted by Gasteiger charge is 2.26. The largest absolute Gasteiger partial charge is 0.353 e. The summed E-state index contributed by atoms with van der Waals surface area (Å²) in [4.78, 5) is 12.0. The second-order valence-electron chi connectivity index (χ2n) is 12.0. The number of carbonyl (C=O) groups excluding carboxylic acids is 1. The molecule has 1 aliphatic rings. The number of hydrogen-bond donors (Lipinski definition) is 1. The van der Waals surface area contributed by atoms with Crippen LogP contribution >= 0.6 is 0 Å². The molecule has 0 aromatic rings. The lowest BCUT2D eigenvalue weighted by molar-refractivity contribution is -0.121. The van der Waals surface area contributed by atoms with Gasteiger partial charge in [0.1, 0.15) is 0 Å². The zero-order chi connectivity index (χ0) is 27.7. The predicted octanol–water partition coefficient (Wildman–Crippen LogP) is 11.1. The highest BCUT2D eigenvalue weighted by Crippen LogP contribution is 2.40. The van der Waals surface area contributed by atoms with Gasteiger partial charge >= 0.3 is 0 Å². The molecule has 0 spiro atoms. The average Bonchev–Trinajstić information content (AvgIpc) is 2.88. The molecule has 0 aromatic carbocycles. The Hall–Kier alpha value is -1.83. The zero-order valence-corrected chi connectivity index (χ0v) is 25.7. The molecule has 0 saturated heterocycles. The summed E-state index contributed by atoms with van der Waals surface area (Å²) in [6, 6.07) is 0. The van der Waals surface area contributed by atoms with E-state index < -0.39 is 0 Å². The molecule has 1 rings (SSSR count). The van der Waals surface area contributed by atoms with Crippen molar-refractivity contribution in [1.82, 2.24) is 5.32 Å². The summed E-state index contributed by atoms with van der Waals surface area (Å²) in [7, 11) is 0. The lowest BCUT2D eigenvalue weighted by atomic mass is 9.73. The van der Waals surface area contributed by atoms with Gasteiger partial charge in [0, 0.05) is 13.0 Å². The molecule has 1 N–H and O–H groups in total. The predicted molar refractivity (Wildman–Crippen MR) is 169 cm³/mol. The Balaban J connectivity index is 1.94. The van der Waals surface area contributed by atoms with Crippen LogP contribution in [-0.2, 0) is 4.79 Å². The van der Waals surface area contributed by atoms with Crippen molar-refractivity contribution in [3.05, 3.63) is 59.8 Å². The van der Waals surface area contributed by atoms with Crippen LogP contribution in [0.2, 0.25) is 0 Å². The Morgan fingerprint density at radius 2 is 1.24 bits per heavy atom. The monoisotopic (exact) mass is 523 g/mol. The van der Waals surface area contributed by atoms with E-state index in [9.17, 15) is 4.79 Å². The van der Waals surface area contributed by atoms with E-state index in [0.29, 0.717) is 18.4 Å². The average molecular weight is 524 g/mol. The van der Waals surface area contributed by atoms with Crippen LogP contribution in [0.25, 0.3) is 0 Å². The van der Waals surface area contributed by atoms with E-state index in [0.717, 1.165) is 6.42 Å². The molecule has 2 heteroatoms. The molecule has 2 nitrogen and oxygen atoms in total. The Morgan fingerprint density at radius 3 is 1.79 bits per heavy atom. The number of hydrogen-bond acceptors (Lipinski definition) is 1. The minimum atomic E-state index is 0.175. The maximum Gasteiger partial charge on any atom is 0.220 e. The first-order chi connectivity index (χ1) is 18.5. The van der Waals surface area contributed by atoms with Gasteiger partial charge in [0.05, 0.1) is 0 Å². The van der Waals surface area contributed by atoms with E-state index in [1.807, 2.05) is 24.3 Å². The van der Waals surface area contributed by atoms with Crippen molar-refractivity contribution >= 4 is 5.91 Å². The van der Waals surface area contributed by atoms with Crippen LogP contribution in [0.4, 0.5) is 0 Å². The van der Waals surface area contributed by atoms with Crippen LogP contribution in [0.1, 0.15) is 150 Å². The third-order valence-electron chi connectivity index (χ3n) is 7.92. The van der Waals surface area contributed by atoms with E-state index in [-0.39, 0.29) is 5.91 Å². The van der Waals surface area contributed by atoms with E-state index in [1.165, 1.54) is 120 Å². The molecule has 1 amide bonds. The molecule has 38 heavy (non-hydrogen) atoms.